The summed E-state index contributed by atoms with van der Waals surface area (Å²) in [5.41, 5.74) is 5.20. The van der Waals surface area contributed by atoms with Crippen LogP contribution in [0, 0.1) is 10.1 Å². The molecule has 0 saturated carbocycles. The van der Waals surface area contributed by atoms with Crippen LogP contribution in [0.4, 0.5) is 28.4 Å². The van der Waals surface area contributed by atoms with Crippen molar-refractivity contribution in [2.45, 2.75) is 12.5 Å². The smallest absolute Gasteiger partial charge is 0.292 e. The number of hydrogen-bond acceptors (Lipinski definition) is 6. The van der Waals surface area contributed by atoms with Crippen molar-refractivity contribution in [2.75, 3.05) is 53.2 Å². The Morgan fingerprint density at radius 2 is 1.58 bits per heavy atom. The number of halogens is 1. The van der Waals surface area contributed by atoms with Gasteiger partial charge < -0.3 is 20.4 Å². The van der Waals surface area contributed by atoms with Crippen molar-refractivity contribution in [3.8, 4) is 0 Å². The average Bonchev–Trinajstić information content (AvgIpc) is 2.84. The minimum absolute atomic E-state index is 0.150. The standard InChI is InChI=1S/C25H26ClN5O2/c26-20-15-21-22(28-19(17-27-21)14-18-6-2-1-3-7-18)16-25(20)30-12-10-29(11-13-30)23-8-4-5-9-24(23)31(32)33/h1-9,15-16,19,27-28H,10-14,17H2/t19-/m0/s1. The Kier molecular flexibility index (Phi) is 5.96. The number of nitrogens with one attached hydrogen (secondary N) is 2. The zero-order valence-electron chi connectivity index (χ0n) is 18.2. The van der Waals surface area contributed by atoms with Crippen molar-refractivity contribution < 1.29 is 4.92 Å². The van der Waals surface area contributed by atoms with Crippen molar-refractivity contribution >= 4 is 40.0 Å². The van der Waals surface area contributed by atoms with E-state index in [-0.39, 0.29) is 10.6 Å². The number of piperazine rings is 1. The molecule has 5 rings (SSSR count). The van der Waals surface area contributed by atoms with E-state index in [0.717, 1.165) is 43.1 Å². The summed E-state index contributed by atoms with van der Waals surface area (Å²) in [6.45, 7) is 3.71. The lowest BCUT2D eigenvalue weighted by Gasteiger charge is -2.38. The molecule has 170 valence electrons. The quantitative estimate of drug-likeness (QED) is 0.408. The highest BCUT2D eigenvalue weighted by Crippen LogP contribution is 2.38. The topological polar surface area (TPSA) is 73.7 Å². The number of para-hydroxylation sites is 2. The van der Waals surface area contributed by atoms with E-state index in [1.807, 2.05) is 24.3 Å². The Morgan fingerprint density at radius 3 is 2.30 bits per heavy atom. The number of rotatable bonds is 5. The van der Waals surface area contributed by atoms with Crippen LogP contribution in [0.2, 0.25) is 5.02 Å². The third kappa shape index (κ3) is 4.54. The first-order valence-electron chi connectivity index (χ1n) is 11.2. The molecule has 33 heavy (non-hydrogen) atoms. The van der Waals surface area contributed by atoms with Crippen LogP contribution >= 0.6 is 11.6 Å². The van der Waals surface area contributed by atoms with Crippen LogP contribution in [0.25, 0.3) is 0 Å². The molecule has 1 saturated heterocycles. The normalized spacial score (nSPS) is 17.7. The monoisotopic (exact) mass is 463 g/mol. The predicted molar refractivity (Wildman–Crippen MR) is 135 cm³/mol. The number of nitro groups is 1. The van der Waals surface area contributed by atoms with Gasteiger partial charge in [-0.3, -0.25) is 10.1 Å². The Balaban J connectivity index is 1.29. The zero-order valence-corrected chi connectivity index (χ0v) is 19.0. The lowest BCUT2D eigenvalue weighted by molar-refractivity contribution is -0.384. The molecule has 0 amide bonds. The fraction of sp³-hybridized carbons (Fsp3) is 0.280. The Labute approximate surface area is 198 Å². The van der Waals surface area contributed by atoms with Gasteiger partial charge in [0.05, 0.1) is 27.0 Å². The molecule has 2 heterocycles. The second kappa shape index (κ2) is 9.19. The van der Waals surface area contributed by atoms with Gasteiger partial charge in [-0.25, -0.2) is 0 Å². The molecule has 0 radical (unpaired) electrons. The molecule has 0 aliphatic carbocycles. The predicted octanol–water partition coefficient (Wildman–Crippen LogP) is 5.02. The number of fused-ring (bicyclic) bond motifs is 1. The highest BCUT2D eigenvalue weighted by molar-refractivity contribution is 6.33. The van der Waals surface area contributed by atoms with E-state index in [9.17, 15) is 10.1 Å². The molecule has 0 aromatic heterocycles. The molecule has 2 N–H and O–H groups in total. The van der Waals surface area contributed by atoms with Gasteiger partial charge in [0.2, 0.25) is 0 Å². The fourth-order valence-corrected chi connectivity index (χ4v) is 4.95. The van der Waals surface area contributed by atoms with Crippen LogP contribution in [0.5, 0.6) is 0 Å². The lowest BCUT2D eigenvalue weighted by Crippen LogP contribution is -2.47. The summed E-state index contributed by atoms with van der Waals surface area (Å²) in [6.07, 6.45) is 0.944. The summed E-state index contributed by atoms with van der Waals surface area (Å²) in [5.74, 6) is 0. The molecular formula is C25H26ClN5O2. The van der Waals surface area contributed by atoms with Crippen LogP contribution < -0.4 is 20.4 Å². The minimum Gasteiger partial charge on any atom is -0.381 e. The van der Waals surface area contributed by atoms with E-state index in [0.29, 0.717) is 29.8 Å². The van der Waals surface area contributed by atoms with E-state index >= 15 is 0 Å². The number of benzene rings is 3. The van der Waals surface area contributed by atoms with Gasteiger partial charge in [0.1, 0.15) is 5.69 Å². The van der Waals surface area contributed by atoms with Gasteiger partial charge in [-0.1, -0.05) is 54.1 Å². The Hall–Kier alpha value is -3.45. The second-order valence-electron chi connectivity index (χ2n) is 8.48. The molecule has 3 aromatic carbocycles. The van der Waals surface area contributed by atoms with E-state index < -0.39 is 0 Å². The highest BCUT2D eigenvalue weighted by atomic mass is 35.5. The number of nitro benzene ring substituents is 1. The van der Waals surface area contributed by atoms with Crippen LogP contribution in [0.3, 0.4) is 0 Å². The summed E-state index contributed by atoms with van der Waals surface area (Å²) in [4.78, 5) is 15.4. The third-order valence-corrected chi connectivity index (χ3v) is 6.65. The van der Waals surface area contributed by atoms with Gasteiger partial charge in [0.25, 0.3) is 5.69 Å². The van der Waals surface area contributed by atoms with E-state index in [2.05, 4.69) is 50.8 Å². The SMILES string of the molecule is O=[N+]([O-])c1ccccc1N1CCN(c2cc3c(cc2Cl)NC[C@H](Cc2ccccc2)N3)CC1. The fourth-order valence-electron chi connectivity index (χ4n) is 4.67. The lowest BCUT2D eigenvalue weighted by atomic mass is 10.0. The molecule has 0 spiro atoms. The number of hydrogen-bond donors (Lipinski definition) is 2. The molecule has 2 aliphatic rings. The number of nitrogens with zero attached hydrogens (tertiary/aromatic N) is 3. The third-order valence-electron chi connectivity index (χ3n) is 6.35. The first-order chi connectivity index (χ1) is 16.1. The average molecular weight is 464 g/mol. The van der Waals surface area contributed by atoms with Crippen LogP contribution in [-0.2, 0) is 6.42 Å². The Morgan fingerprint density at radius 1 is 0.909 bits per heavy atom. The van der Waals surface area contributed by atoms with Crippen LogP contribution in [-0.4, -0.2) is 43.7 Å². The largest absolute Gasteiger partial charge is 0.381 e. The highest BCUT2D eigenvalue weighted by Gasteiger charge is 2.26. The maximum atomic E-state index is 11.4. The zero-order chi connectivity index (χ0) is 22.8. The molecule has 0 unspecified atom stereocenters. The van der Waals surface area contributed by atoms with Crippen LogP contribution in [0.15, 0.2) is 66.7 Å². The first kappa shape index (κ1) is 21.4. The van der Waals surface area contributed by atoms with E-state index in [1.54, 1.807) is 12.1 Å². The van der Waals surface area contributed by atoms with Crippen LogP contribution in [0.1, 0.15) is 5.56 Å². The van der Waals surface area contributed by atoms with Crippen molar-refractivity contribution in [1.29, 1.82) is 0 Å². The summed E-state index contributed by atoms with van der Waals surface area (Å²) < 4.78 is 0. The molecule has 3 aromatic rings. The maximum absolute atomic E-state index is 11.4. The van der Waals surface area contributed by atoms with E-state index in [4.69, 9.17) is 11.6 Å². The van der Waals surface area contributed by atoms with Gasteiger partial charge in [-0.15, -0.1) is 0 Å². The molecule has 2 aliphatic heterocycles. The Bertz CT molecular complexity index is 1150. The summed E-state index contributed by atoms with van der Waals surface area (Å²) in [7, 11) is 0. The molecule has 1 fully saturated rings. The molecular weight excluding hydrogens is 438 g/mol. The summed E-state index contributed by atoms with van der Waals surface area (Å²) in [6, 6.07) is 21.8. The van der Waals surface area contributed by atoms with Crippen molar-refractivity contribution in [3.63, 3.8) is 0 Å². The first-order valence-corrected chi connectivity index (χ1v) is 11.6. The van der Waals surface area contributed by atoms with Gasteiger partial charge >= 0.3 is 0 Å². The van der Waals surface area contributed by atoms with Gasteiger partial charge in [-0.2, -0.15) is 0 Å². The molecule has 1 atom stereocenters. The second-order valence-corrected chi connectivity index (χ2v) is 8.89. The van der Waals surface area contributed by atoms with Gasteiger partial charge in [0, 0.05) is 44.8 Å². The molecule has 7 nitrogen and oxygen atoms in total. The number of anilines is 4. The molecule has 0 bridgehead atoms. The van der Waals surface area contributed by atoms with Crippen molar-refractivity contribution in [3.05, 3.63) is 87.4 Å². The van der Waals surface area contributed by atoms with Crippen molar-refractivity contribution in [1.82, 2.24) is 0 Å². The maximum Gasteiger partial charge on any atom is 0.292 e. The summed E-state index contributed by atoms with van der Waals surface area (Å²) in [5, 5.41) is 19.3. The molecule has 8 heteroatoms. The van der Waals surface area contributed by atoms with E-state index in [1.165, 1.54) is 5.56 Å². The minimum atomic E-state index is -0.313. The summed E-state index contributed by atoms with van der Waals surface area (Å²) >= 11 is 6.67. The van der Waals surface area contributed by atoms with Crippen molar-refractivity contribution in [2.24, 2.45) is 0 Å². The van der Waals surface area contributed by atoms with Gasteiger partial charge in [-0.05, 0) is 30.2 Å². The van der Waals surface area contributed by atoms with Gasteiger partial charge in [0.15, 0.2) is 0 Å².